The van der Waals surface area contributed by atoms with Gasteiger partial charge in [-0.1, -0.05) is 18.2 Å². The van der Waals surface area contributed by atoms with Crippen molar-refractivity contribution in [1.82, 2.24) is 4.90 Å². The second-order valence-corrected chi connectivity index (χ2v) is 7.63. The van der Waals surface area contributed by atoms with Crippen LogP contribution >= 0.6 is 0 Å². The molecule has 0 atom stereocenters. The van der Waals surface area contributed by atoms with E-state index in [1.807, 2.05) is 4.90 Å². The minimum Gasteiger partial charge on any atom is -0.339 e. The van der Waals surface area contributed by atoms with Gasteiger partial charge < -0.3 is 4.90 Å². The molecule has 3 rings (SSSR count). The first kappa shape index (κ1) is 16.5. The predicted octanol–water partition coefficient (Wildman–Crippen LogP) is 3.03. The van der Waals surface area contributed by atoms with Crippen LogP contribution in [0.3, 0.4) is 0 Å². The highest BCUT2D eigenvalue weighted by Crippen LogP contribution is 2.22. The van der Waals surface area contributed by atoms with E-state index in [1.165, 1.54) is 0 Å². The van der Waals surface area contributed by atoms with Crippen molar-refractivity contribution in [2.45, 2.75) is 24.7 Å². The molecular weight excluding hydrogens is 324 g/mol. The van der Waals surface area contributed by atoms with Gasteiger partial charge in [-0.3, -0.25) is 9.52 Å². The zero-order valence-electron chi connectivity index (χ0n) is 13.5. The van der Waals surface area contributed by atoms with E-state index < -0.39 is 10.0 Å². The van der Waals surface area contributed by atoms with Crippen molar-refractivity contribution < 1.29 is 13.2 Å². The molecule has 0 spiro atoms. The first-order valence-corrected chi connectivity index (χ1v) is 9.43. The van der Waals surface area contributed by atoms with Gasteiger partial charge in [0.1, 0.15) is 0 Å². The van der Waals surface area contributed by atoms with Crippen LogP contribution in [0.1, 0.15) is 28.8 Å². The molecular formula is C18H20N2O3S. The fourth-order valence-electron chi connectivity index (χ4n) is 2.82. The number of sulfonamides is 1. The van der Waals surface area contributed by atoms with Gasteiger partial charge in [-0.25, -0.2) is 8.42 Å². The van der Waals surface area contributed by atoms with Crippen molar-refractivity contribution in [2.24, 2.45) is 0 Å². The van der Waals surface area contributed by atoms with Crippen molar-refractivity contribution in [3.8, 4) is 0 Å². The summed E-state index contributed by atoms with van der Waals surface area (Å²) in [4.78, 5) is 14.5. The van der Waals surface area contributed by atoms with Crippen LogP contribution in [0.15, 0.2) is 53.4 Å². The van der Waals surface area contributed by atoms with Gasteiger partial charge in [-0.2, -0.15) is 0 Å². The third-order valence-electron chi connectivity index (χ3n) is 4.16. The van der Waals surface area contributed by atoms with E-state index >= 15 is 0 Å². The van der Waals surface area contributed by atoms with Crippen molar-refractivity contribution in [1.29, 1.82) is 0 Å². The monoisotopic (exact) mass is 344 g/mol. The van der Waals surface area contributed by atoms with Gasteiger partial charge in [-0.15, -0.1) is 0 Å². The van der Waals surface area contributed by atoms with Gasteiger partial charge in [0.25, 0.3) is 15.9 Å². The van der Waals surface area contributed by atoms with Crippen LogP contribution in [0.5, 0.6) is 0 Å². The summed E-state index contributed by atoms with van der Waals surface area (Å²) in [6, 6.07) is 13.3. The van der Waals surface area contributed by atoms with Crippen LogP contribution in [0.25, 0.3) is 0 Å². The average Bonchev–Trinajstić information content (AvgIpc) is 3.11. The topological polar surface area (TPSA) is 66.5 Å². The number of likely N-dealkylation sites (tertiary alicyclic amines) is 1. The Kier molecular flexibility index (Phi) is 4.57. The van der Waals surface area contributed by atoms with Gasteiger partial charge in [-0.05, 0) is 55.7 Å². The molecule has 1 aliphatic heterocycles. The number of carbonyl (C=O) groups excluding carboxylic acids is 1. The Labute approximate surface area is 142 Å². The van der Waals surface area contributed by atoms with Gasteiger partial charge in [0, 0.05) is 18.7 Å². The first-order chi connectivity index (χ1) is 11.5. The number of anilines is 1. The number of carbonyl (C=O) groups is 1. The number of benzene rings is 2. The maximum Gasteiger partial charge on any atom is 0.261 e. The number of aryl methyl sites for hydroxylation is 1. The quantitative estimate of drug-likeness (QED) is 0.927. The number of rotatable bonds is 4. The maximum atomic E-state index is 12.4. The molecule has 1 saturated heterocycles. The number of amides is 1. The molecule has 6 heteroatoms. The number of hydrogen-bond acceptors (Lipinski definition) is 3. The van der Waals surface area contributed by atoms with Crippen LogP contribution in [-0.4, -0.2) is 32.3 Å². The van der Waals surface area contributed by atoms with E-state index in [0.717, 1.165) is 31.5 Å². The summed E-state index contributed by atoms with van der Waals surface area (Å²) in [5, 5.41) is 0. The molecule has 0 saturated carbocycles. The Bertz CT molecular complexity index is 842. The zero-order chi connectivity index (χ0) is 17.2. The molecule has 0 aliphatic carbocycles. The van der Waals surface area contributed by atoms with Crippen LogP contribution in [0, 0.1) is 6.92 Å². The van der Waals surface area contributed by atoms with Gasteiger partial charge in [0.2, 0.25) is 0 Å². The van der Waals surface area contributed by atoms with Crippen molar-refractivity contribution in [2.75, 3.05) is 17.8 Å². The molecule has 1 heterocycles. The first-order valence-electron chi connectivity index (χ1n) is 7.95. The van der Waals surface area contributed by atoms with Crippen LogP contribution < -0.4 is 4.72 Å². The summed E-state index contributed by atoms with van der Waals surface area (Å²) >= 11 is 0. The lowest BCUT2D eigenvalue weighted by molar-refractivity contribution is 0.0793. The molecule has 1 N–H and O–H groups in total. The normalized spacial score (nSPS) is 14.6. The predicted molar refractivity (Wildman–Crippen MR) is 93.6 cm³/mol. The van der Waals surface area contributed by atoms with E-state index in [4.69, 9.17) is 0 Å². The number of nitrogens with zero attached hydrogens (tertiary/aromatic N) is 1. The summed E-state index contributed by atoms with van der Waals surface area (Å²) in [5.74, 6) is 0.00747. The molecule has 0 radical (unpaired) electrons. The SMILES string of the molecule is Cc1cc(C(=O)N2CCCC2)ccc1NS(=O)(=O)c1ccccc1. The zero-order valence-corrected chi connectivity index (χ0v) is 14.3. The largest absolute Gasteiger partial charge is 0.339 e. The number of nitrogens with one attached hydrogen (secondary N) is 1. The van der Waals surface area contributed by atoms with Crippen molar-refractivity contribution >= 4 is 21.6 Å². The second-order valence-electron chi connectivity index (χ2n) is 5.95. The Morgan fingerprint density at radius 3 is 2.33 bits per heavy atom. The average molecular weight is 344 g/mol. The Morgan fingerprint density at radius 1 is 1.04 bits per heavy atom. The van der Waals surface area contributed by atoms with Gasteiger partial charge >= 0.3 is 0 Å². The van der Waals surface area contributed by atoms with E-state index in [-0.39, 0.29) is 10.8 Å². The lowest BCUT2D eigenvalue weighted by Gasteiger charge is -2.17. The van der Waals surface area contributed by atoms with Gasteiger partial charge in [0.15, 0.2) is 0 Å². The van der Waals surface area contributed by atoms with Gasteiger partial charge in [0.05, 0.1) is 10.6 Å². The molecule has 1 fully saturated rings. The fraction of sp³-hybridized carbons (Fsp3) is 0.278. The highest BCUT2D eigenvalue weighted by Gasteiger charge is 2.20. The molecule has 0 unspecified atom stereocenters. The fourth-order valence-corrected chi connectivity index (χ4v) is 3.97. The molecule has 1 aliphatic rings. The molecule has 126 valence electrons. The minimum atomic E-state index is -3.63. The lowest BCUT2D eigenvalue weighted by atomic mass is 10.1. The Balaban J connectivity index is 1.81. The van der Waals surface area contributed by atoms with E-state index in [1.54, 1.807) is 55.5 Å². The molecule has 1 amide bonds. The second kappa shape index (κ2) is 6.65. The summed E-state index contributed by atoms with van der Waals surface area (Å²) in [6.07, 6.45) is 2.08. The van der Waals surface area contributed by atoms with Crippen molar-refractivity contribution in [3.63, 3.8) is 0 Å². The molecule has 24 heavy (non-hydrogen) atoms. The smallest absolute Gasteiger partial charge is 0.261 e. The highest BCUT2D eigenvalue weighted by atomic mass is 32.2. The van der Waals surface area contributed by atoms with Crippen LogP contribution in [0.2, 0.25) is 0 Å². The van der Waals surface area contributed by atoms with E-state index in [0.29, 0.717) is 11.3 Å². The standard InChI is InChI=1S/C18H20N2O3S/c1-14-13-15(18(21)20-11-5-6-12-20)9-10-17(14)19-24(22,23)16-7-3-2-4-8-16/h2-4,7-10,13,19H,5-6,11-12H2,1H3. The lowest BCUT2D eigenvalue weighted by Crippen LogP contribution is -2.27. The van der Waals surface area contributed by atoms with Crippen molar-refractivity contribution in [3.05, 3.63) is 59.7 Å². The van der Waals surface area contributed by atoms with Crippen LogP contribution in [-0.2, 0) is 10.0 Å². The Morgan fingerprint density at radius 2 is 1.71 bits per heavy atom. The van der Waals surface area contributed by atoms with Crippen LogP contribution in [0.4, 0.5) is 5.69 Å². The summed E-state index contributed by atoms with van der Waals surface area (Å²) in [7, 11) is -3.63. The van der Waals surface area contributed by atoms with E-state index in [2.05, 4.69) is 4.72 Å². The molecule has 2 aromatic carbocycles. The molecule has 2 aromatic rings. The molecule has 5 nitrogen and oxygen atoms in total. The summed E-state index contributed by atoms with van der Waals surface area (Å²) in [6.45, 7) is 3.38. The third-order valence-corrected chi connectivity index (χ3v) is 5.55. The summed E-state index contributed by atoms with van der Waals surface area (Å²) in [5.41, 5.74) is 1.80. The van der Waals surface area contributed by atoms with E-state index in [9.17, 15) is 13.2 Å². The minimum absolute atomic E-state index is 0.00747. The Hall–Kier alpha value is -2.34. The number of hydrogen-bond donors (Lipinski definition) is 1. The third kappa shape index (κ3) is 3.43. The molecule has 0 bridgehead atoms. The maximum absolute atomic E-state index is 12.4. The highest BCUT2D eigenvalue weighted by molar-refractivity contribution is 7.92. The molecule has 0 aromatic heterocycles. The summed E-state index contributed by atoms with van der Waals surface area (Å²) < 4.78 is 27.4.